The van der Waals surface area contributed by atoms with Crippen LogP contribution < -0.4 is 0 Å². The van der Waals surface area contributed by atoms with Gasteiger partial charge in [0, 0.05) is 6.20 Å². The quantitative estimate of drug-likeness (QED) is 0.583. The van der Waals surface area contributed by atoms with E-state index in [0.29, 0.717) is 0 Å². The second-order valence-electron chi connectivity index (χ2n) is 3.05. The van der Waals surface area contributed by atoms with Crippen molar-refractivity contribution in [1.82, 2.24) is 10.2 Å². The molecule has 0 saturated carbocycles. The molecule has 1 aromatic rings. The molecule has 1 rings (SSSR count). The van der Waals surface area contributed by atoms with E-state index in [4.69, 9.17) is 0 Å². The average molecular weight is 168 g/mol. The first-order valence-corrected chi connectivity index (χ1v) is 6.13. The highest BCUT2D eigenvalue weighted by molar-refractivity contribution is 8.35. The summed E-state index contributed by atoms with van der Waals surface area (Å²) >= 11 is 0. The van der Waals surface area contributed by atoms with E-state index in [9.17, 15) is 0 Å². The lowest BCUT2D eigenvalue weighted by Gasteiger charge is -2.14. The molecule has 11 heavy (non-hydrogen) atoms. The Balaban J connectivity index is 2.74. The van der Waals surface area contributed by atoms with E-state index in [1.165, 1.54) is 0 Å². The Morgan fingerprint density at radius 3 is 2.64 bits per heavy atom. The summed E-state index contributed by atoms with van der Waals surface area (Å²) in [5, 5.41) is 9.72. The molecule has 1 N–H and O–H groups in total. The van der Waals surface area contributed by atoms with Crippen LogP contribution in [0.2, 0.25) is 0 Å². The molecule has 0 atom stereocenters. The fraction of sp³-hybridized carbons (Fsp3) is 0.375. The SMILES string of the molecule is CS(C)(C)C#Cc1cn[nH]c1. The molecule has 1 heterocycles. The van der Waals surface area contributed by atoms with Gasteiger partial charge in [-0.3, -0.25) is 5.10 Å². The molecule has 0 unspecified atom stereocenters. The number of nitrogens with zero attached hydrogens (tertiary/aromatic N) is 1. The maximum Gasteiger partial charge on any atom is 0.0644 e. The number of aromatic nitrogens is 2. The smallest absolute Gasteiger partial charge is 0.0644 e. The average Bonchev–Trinajstić information content (AvgIpc) is 2.32. The zero-order chi connectivity index (χ0) is 8.32. The number of nitrogens with one attached hydrogen (secondary N) is 1. The predicted molar refractivity (Wildman–Crippen MR) is 50.8 cm³/mol. The highest BCUT2D eigenvalue weighted by atomic mass is 32.3. The van der Waals surface area contributed by atoms with E-state index in [2.05, 4.69) is 40.1 Å². The summed E-state index contributed by atoms with van der Waals surface area (Å²) in [6.45, 7) is 0. The van der Waals surface area contributed by atoms with Crippen molar-refractivity contribution in [3.63, 3.8) is 0 Å². The molecule has 0 saturated heterocycles. The van der Waals surface area contributed by atoms with Crippen LogP contribution in [0.25, 0.3) is 0 Å². The molecular formula is C8H12N2S. The van der Waals surface area contributed by atoms with Crippen molar-refractivity contribution in [1.29, 1.82) is 0 Å². The van der Waals surface area contributed by atoms with Crippen LogP contribution in [0.5, 0.6) is 0 Å². The fourth-order valence-electron chi connectivity index (χ4n) is 0.531. The fourth-order valence-corrected chi connectivity index (χ4v) is 0.955. The van der Waals surface area contributed by atoms with Gasteiger partial charge in [-0.1, -0.05) is 5.92 Å². The third-order valence-corrected chi connectivity index (χ3v) is 1.71. The molecule has 0 radical (unpaired) electrons. The van der Waals surface area contributed by atoms with Gasteiger partial charge in [0.15, 0.2) is 0 Å². The van der Waals surface area contributed by atoms with Crippen LogP contribution >= 0.6 is 10.0 Å². The summed E-state index contributed by atoms with van der Waals surface area (Å²) in [5.41, 5.74) is 0.965. The van der Waals surface area contributed by atoms with Crippen molar-refractivity contribution >= 4 is 10.0 Å². The maximum absolute atomic E-state index is 3.80. The summed E-state index contributed by atoms with van der Waals surface area (Å²) < 4.78 is 0. The predicted octanol–water partition coefficient (Wildman–Crippen LogP) is 1.41. The summed E-state index contributed by atoms with van der Waals surface area (Å²) in [7, 11) is -0.703. The minimum absolute atomic E-state index is 0.703. The molecule has 0 bridgehead atoms. The highest BCUT2D eigenvalue weighted by Gasteiger charge is 1.95. The first-order valence-electron chi connectivity index (χ1n) is 3.28. The zero-order valence-electron chi connectivity index (χ0n) is 7.01. The van der Waals surface area contributed by atoms with Gasteiger partial charge in [-0.05, 0) is 24.0 Å². The van der Waals surface area contributed by atoms with E-state index in [1.54, 1.807) is 12.4 Å². The molecule has 3 heteroatoms. The van der Waals surface area contributed by atoms with Crippen LogP contribution in [0.3, 0.4) is 0 Å². The molecule has 0 aliphatic heterocycles. The zero-order valence-corrected chi connectivity index (χ0v) is 7.83. The molecule has 0 aliphatic carbocycles. The van der Waals surface area contributed by atoms with Gasteiger partial charge in [-0.15, -0.1) is 0 Å². The van der Waals surface area contributed by atoms with Gasteiger partial charge < -0.3 is 0 Å². The van der Waals surface area contributed by atoms with Crippen LogP contribution in [0, 0.1) is 11.2 Å². The van der Waals surface area contributed by atoms with Gasteiger partial charge in [0.2, 0.25) is 0 Å². The lowest BCUT2D eigenvalue weighted by molar-refractivity contribution is 1.09. The summed E-state index contributed by atoms with van der Waals surface area (Å²) in [6, 6.07) is 0. The first kappa shape index (κ1) is 8.22. The number of H-pyrrole nitrogens is 1. The van der Waals surface area contributed by atoms with Crippen molar-refractivity contribution in [2.75, 3.05) is 18.8 Å². The second-order valence-corrected chi connectivity index (χ2v) is 6.93. The molecule has 0 fully saturated rings. The van der Waals surface area contributed by atoms with Gasteiger partial charge in [0.05, 0.1) is 11.8 Å². The van der Waals surface area contributed by atoms with Crippen molar-refractivity contribution in [2.24, 2.45) is 0 Å². The first-order chi connectivity index (χ1) is 5.08. The standard InChI is InChI=1S/C8H12N2S/c1-11(2,3)5-4-8-6-9-10-7-8/h6-7H,1-3H3,(H,9,10). The Labute approximate surface area is 68.7 Å². The number of rotatable bonds is 0. The Kier molecular flexibility index (Phi) is 2.25. The van der Waals surface area contributed by atoms with Crippen LogP contribution in [0.15, 0.2) is 12.4 Å². The molecule has 0 aromatic carbocycles. The third-order valence-electron chi connectivity index (χ3n) is 1.000. The van der Waals surface area contributed by atoms with Crippen molar-refractivity contribution in [3.8, 4) is 11.2 Å². The Hall–Kier alpha value is -0.880. The topological polar surface area (TPSA) is 28.7 Å². The van der Waals surface area contributed by atoms with Gasteiger partial charge in [0.25, 0.3) is 0 Å². The molecular weight excluding hydrogens is 156 g/mol. The van der Waals surface area contributed by atoms with Crippen LogP contribution in [-0.2, 0) is 0 Å². The van der Waals surface area contributed by atoms with E-state index < -0.39 is 10.0 Å². The van der Waals surface area contributed by atoms with Crippen molar-refractivity contribution in [3.05, 3.63) is 18.0 Å². The molecule has 0 spiro atoms. The van der Waals surface area contributed by atoms with Gasteiger partial charge in [-0.25, -0.2) is 0 Å². The van der Waals surface area contributed by atoms with Gasteiger partial charge in [-0.2, -0.15) is 15.1 Å². The molecule has 0 aliphatic rings. The molecule has 0 amide bonds. The van der Waals surface area contributed by atoms with Gasteiger partial charge in [0.1, 0.15) is 0 Å². The number of hydrogen-bond acceptors (Lipinski definition) is 1. The van der Waals surface area contributed by atoms with Gasteiger partial charge >= 0.3 is 0 Å². The lowest BCUT2D eigenvalue weighted by atomic mass is 10.4. The maximum atomic E-state index is 3.80. The van der Waals surface area contributed by atoms with Crippen molar-refractivity contribution in [2.45, 2.75) is 0 Å². The van der Waals surface area contributed by atoms with E-state index in [0.717, 1.165) is 5.56 Å². The van der Waals surface area contributed by atoms with E-state index in [-0.39, 0.29) is 0 Å². The Morgan fingerprint density at radius 1 is 1.45 bits per heavy atom. The third kappa shape index (κ3) is 3.15. The normalized spacial score (nSPS) is 11.9. The largest absolute Gasteiger partial charge is 0.284 e. The molecule has 2 nitrogen and oxygen atoms in total. The molecule has 60 valence electrons. The minimum atomic E-state index is -0.703. The summed E-state index contributed by atoms with van der Waals surface area (Å²) in [5.74, 6) is 3.06. The van der Waals surface area contributed by atoms with Crippen molar-refractivity contribution < 1.29 is 0 Å². The van der Waals surface area contributed by atoms with E-state index >= 15 is 0 Å². The van der Waals surface area contributed by atoms with Crippen LogP contribution in [0.1, 0.15) is 5.56 Å². The highest BCUT2D eigenvalue weighted by Crippen LogP contribution is 2.32. The Morgan fingerprint density at radius 2 is 2.18 bits per heavy atom. The lowest BCUT2D eigenvalue weighted by Crippen LogP contribution is -1.84. The number of aromatic amines is 1. The summed E-state index contributed by atoms with van der Waals surface area (Å²) in [6.07, 6.45) is 10.0. The minimum Gasteiger partial charge on any atom is -0.284 e. The summed E-state index contributed by atoms with van der Waals surface area (Å²) in [4.78, 5) is 0. The second kappa shape index (κ2) is 3.02. The van der Waals surface area contributed by atoms with Crippen LogP contribution in [0.4, 0.5) is 0 Å². The number of hydrogen-bond donors (Lipinski definition) is 1. The van der Waals surface area contributed by atoms with Crippen LogP contribution in [-0.4, -0.2) is 29.0 Å². The van der Waals surface area contributed by atoms with E-state index in [1.807, 2.05) is 0 Å². The Bertz CT molecular complexity index is 271. The monoisotopic (exact) mass is 168 g/mol. The molecule has 1 aromatic heterocycles.